The highest BCUT2D eigenvalue weighted by molar-refractivity contribution is 4.97. The van der Waals surface area contributed by atoms with Crippen LogP contribution in [0.25, 0.3) is 0 Å². The first-order valence-corrected chi connectivity index (χ1v) is 5.59. The Kier molecular flexibility index (Phi) is 3.19. The normalized spacial score (nSPS) is 17.8. The number of aromatic nitrogens is 2. The lowest BCUT2D eigenvalue weighted by molar-refractivity contribution is 0.457. The van der Waals surface area contributed by atoms with Crippen molar-refractivity contribution in [3.8, 4) is 0 Å². The summed E-state index contributed by atoms with van der Waals surface area (Å²) in [6, 6.07) is 0. The second-order valence-electron chi connectivity index (χ2n) is 4.25. The second kappa shape index (κ2) is 4.60. The molecule has 1 aromatic heterocycles. The number of imidazole rings is 1. The summed E-state index contributed by atoms with van der Waals surface area (Å²) in [4.78, 5) is 4.33. The first-order valence-electron chi connectivity index (χ1n) is 5.59. The minimum Gasteiger partial charge on any atom is -0.337 e. The summed E-state index contributed by atoms with van der Waals surface area (Å²) in [5.41, 5.74) is 6.61. The lowest BCUT2D eigenvalue weighted by Gasteiger charge is -2.08. The molecule has 0 spiro atoms. The minimum absolute atomic E-state index is 0.695. The van der Waals surface area contributed by atoms with Gasteiger partial charge in [-0.15, -0.1) is 0 Å². The summed E-state index contributed by atoms with van der Waals surface area (Å²) in [6.45, 7) is 1.85. The molecule has 0 bridgehead atoms. The standard InChI is InChI=1S/C11H19N3/c12-6-5-11-8-14(9-13-11)7-10-3-1-2-4-10/h8-10H,1-7,12H2. The Bertz CT molecular complexity index is 274. The molecule has 1 aromatic rings. The van der Waals surface area contributed by atoms with E-state index >= 15 is 0 Å². The quantitative estimate of drug-likeness (QED) is 0.789. The zero-order chi connectivity index (χ0) is 9.80. The molecule has 0 atom stereocenters. The van der Waals surface area contributed by atoms with E-state index < -0.39 is 0 Å². The van der Waals surface area contributed by atoms with Gasteiger partial charge >= 0.3 is 0 Å². The highest BCUT2D eigenvalue weighted by Crippen LogP contribution is 2.26. The maximum atomic E-state index is 5.48. The van der Waals surface area contributed by atoms with Gasteiger partial charge in [-0.05, 0) is 25.3 Å². The van der Waals surface area contributed by atoms with Gasteiger partial charge in [-0.2, -0.15) is 0 Å². The van der Waals surface area contributed by atoms with Crippen LogP contribution >= 0.6 is 0 Å². The lowest BCUT2D eigenvalue weighted by Crippen LogP contribution is -2.05. The van der Waals surface area contributed by atoms with Gasteiger partial charge in [-0.25, -0.2) is 4.98 Å². The van der Waals surface area contributed by atoms with Gasteiger partial charge in [0, 0.05) is 19.2 Å². The van der Waals surface area contributed by atoms with Crippen LogP contribution in [0.2, 0.25) is 0 Å². The van der Waals surface area contributed by atoms with E-state index in [1.807, 2.05) is 6.33 Å². The molecule has 0 amide bonds. The van der Waals surface area contributed by atoms with E-state index in [1.165, 1.54) is 25.7 Å². The Hall–Kier alpha value is -0.830. The van der Waals surface area contributed by atoms with Gasteiger partial charge in [-0.3, -0.25) is 0 Å². The summed E-state index contributed by atoms with van der Waals surface area (Å²) in [5.74, 6) is 0.884. The van der Waals surface area contributed by atoms with Gasteiger partial charge in [0.1, 0.15) is 0 Å². The molecule has 0 aliphatic heterocycles. The van der Waals surface area contributed by atoms with Crippen molar-refractivity contribution in [2.75, 3.05) is 6.54 Å². The summed E-state index contributed by atoms with van der Waals surface area (Å²) >= 11 is 0. The fourth-order valence-electron chi connectivity index (χ4n) is 2.27. The molecule has 1 heterocycles. The molecule has 2 rings (SSSR count). The van der Waals surface area contributed by atoms with Crippen LogP contribution in [0.3, 0.4) is 0 Å². The Morgan fingerprint density at radius 1 is 1.43 bits per heavy atom. The molecule has 0 saturated heterocycles. The maximum absolute atomic E-state index is 5.48. The van der Waals surface area contributed by atoms with E-state index in [-0.39, 0.29) is 0 Å². The molecule has 78 valence electrons. The predicted octanol–water partition coefficient (Wildman–Crippen LogP) is 1.57. The summed E-state index contributed by atoms with van der Waals surface area (Å²) in [7, 11) is 0. The molecule has 3 nitrogen and oxygen atoms in total. The molecule has 14 heavy (non-hydrogen) atoms. The first kappa shape index (κ1) is 9.71. The van der Waals surface area contributed by atoms with E-state index in [1.54, 1.807) is 0 Å². The Morgan fingerprint density at radius 2 is 2.21 bits per heavy atom. The molecule has 0 unspecified atom stereocenters. The van der Waals surface area contributed by atoms with Crippen LogP contribution in [0.15, 0.2) is 12.5 Å². The largest absolute Gasteiger partial charge is 0.337 e. The highest BCUT2D eigenvalue weighted by atomic mass is 15.0. The van der Waals surface area contributed by atoms with E-state index in [4.69, 9.17) is 5.73 Å². The van der Waals surface area contributed by atoms with Gasteiger partial charge in [0.2, 0.25) is 0 Å². The molecular formula is C11H19N3. The van der Waals surface area contributed by atoms with E-state index in [0.29, 0.717) is 6.54 Å². The van der Waals surface area contributed by atoms with E-state index in [2.05, 4.69) is 15.7 Å². The predicted molar refractivity (Wildman–Crippen MR) is 56.9 cm³/mol. The van der Waals surface area contributed by atoms with Crippen LogP contribution in [0.1, 0.15) is 31.4 Å². The third-order valence-corrected chi connectivity index (χ3v) is 3.03. The molecular weight excluding hydrogens is 174 g/mol. The SMILES string of the molecule is NCCc1cn(CC2CCCC2)cn1. The second-order valence-corrected chi connectivity index (χ2v) is 4.25. The third kappa shape index (κ3) is 2.35. The average Bonchev–Trinajstić information content (AvgIpc) is 2.79. The van der Waals surface area contributed by atoms with Crippen molar-refractivity contribution < 1.29 is 0 Å². The summed E-state index contributed by atoms with van der Waals surface area (Å²) in [6.07, 6.45) is 10.6. The molecule has 2 N–H and O–H groups in total. The first-order chi connectivity index (χ1) is 6.88. The van der Waals surface area contributed by atoms with Gasteiger partial charge in [0.25, 0.3) is 0 Å². The Labute approximate surface area is 85.3 Å². The van der Waals surface area contributed by atoms with Gasteiger partial charge < -0.3 is 10.3 Å². The molecule has 1 aliphatic rings. The molecule has 0 radical (unpaired) electrons. The van der Waals surface area contributed by atoms with Crippen LogP contribution in [0, 0.1) is 5.92 Å². The highest BCUT2D eigenvalue weighted by Gasteiger charge is 2.15. The molecule has 3 heteroatoms. The van der Waals surface area contributed by atoms with Gasteiger partial charge in [-0.1, -0.05) is 12.8 Å². The fourth-order valence-corrected chi connectivity index (χ4v) is 2.27. The van der Waals surface area contributed by atoms with Crippen molar-refractivity contribution in [3.63, 3.8) is 0 Å². The van der Waals surface area contributed by atoms with Crippen molar-refractivity contribution in [2.45, 2.75) is 38.6 Å². The number of nitrogens with zero attached hydrogens (tertiary/aromatic N) is 2. The maximum Gasteiger partial charge on any atom is 0.0949 e. The molecule has 1 aliphatic carbocycles. The van der Waals surface area contributed by atoms with Crippen LogP contribution in [0.5, 0.6) is 0 Å². The van der Waals surface area contributed by atoms with Crippen LogP contribution < -0.4 is 5.73 Å². The smallest absolute Gasteiger partial charge is 0.0949 e. The average molecular weight is 193 g/mol. The summed E-state index contributed by atoms with van der Waals surface area (Å²) < 4.78 is 2.22. The zero-order valence-corrected chi connectivity index (χ0v) is 8.65. The van der Waals surface area contributed by atoms with Gasteiger partial charge in [0.15, 0.2) is 0 Å². The molecule has 0 aromatic carbocycles. The Morgan fingerprint density at radius 3 is 2.93 bits per heavy atom. The number of nitrogens with two attached hydrogens (primary N) is 1. The fraction of sp³-hybridized carbons (Fsp3) is 0.727. The zero-order valence-electron chi connectivity index (χ0n) is 8.65. The van der Waals surface area contributed by atoms with Crippen molar-refractivity contribution >= 4 is 0 Å². The van der Waals surface area contributed by atoms with Crippen molar-refractivity contribution in [3.05, 3.63) is 18.2 Å². The minimum atomic E-state index is 0.695. The topological polar surface area (TPSA) is 43.8 Å². The number of rotatable bonds is 4. The molecule has 1 fully saturated rings. The molecule has 1 saturated carbocycles. The number of hydrogen-bond donors (Lipinski definition) is 1. The van der Waals surface area contributed by atoms with Crippen LogP contribution in [0.4, 0.5) is 0 Å². The van der Waals surface area contributed by atoms with E-state index in [9.17, 15) is 0 Å². The van der Waals surface area contributed by atoms with Crippen LogP contribution in [-0.4, -0.2) is 16.1 Å². The lowest BCUT2D eigenvalue weighted by atomic mass is 10.1. The van der Waals surface area contributed by atoms with Crippen molar-refractivity contribution in [2.24, 2.45) is 11.7 Å². The van der Waals surface area contributed by atoms with Crippen LogP contribution in [-0.2, 0) is 13.0 Å². The van der Waals surface area contributed by atoms with Crippen molar-refractivity contribution in [1.29, 1.82) is 0 Å². The summed E-state index contributed by atoms with van der Waals surface area (Å²) in [5, 5.41) is 0. The monoisotopic (exact) mass is 193 g/mol. The Balaban J connectivity index is 1.88. The van der Waals surface area contributed by atoms with Gasteiger partial charge in [0.05, 0.1) is 12.0 Å². The number of hydrogen-bond acceptors (Lipinski definition) is 2. The van der Waals surface area contributed by atoms with E-state index in [0.717, 1.165) is 24.6 Å². The third-order valence-electron chi connectivity index (χ3n) is 3.03. The van der Waals surface area contributed by atoms with Crippen molar-refractivity contribution in [1.82, 2.24) is 9.55 Å².